The Morgan fingerprint density at radius 2 is 1.74 bits per heavy atom. The van der Waals surface area contributed by atoms with Crippen LogP contribution >= 0.6 is 24.0 Å². The van der Waals surface area contributed by atoms with Gasteiger partial charge in [0.1, 0.15) is 6.54 Å². The molecule has 1 aromatic carbocycles. The molecule has 1 aliphatic rings. The maximum atomic E-state index is 12.0. The Labute approximate surface area is 203 Å². The summed E-state index contributed by atoms with van der Waals surface area (Å²) in [4.78, 5) is 34.5. The third-order valence-corrected chi connectivity index (χ3v) is 4.89. The lowest BCUT2D eigenvalue weighted by molar-refractivity contribution is -0.127. The Bertz CT molecular complexity index is 703. The van der Waals surface area contributed by atoms with Gasteiger partial charge >= 0.3 is 0 Å². The summed E-state index contributed by atoms with van der Waals surface area (Å²) in [6.07, 6.45) is 0.886. The fourth-order valence-electron chi connectivity index (χ4n) is 3.20. The van der Waals surface area contributed by atoms with Crippen molar-refractivity contribution in [3.63, 3.8) is 0 Å². The lowest BCUT2D eigenvalue weighted by Crippen LogP contribution is -2.54. The molecule has 1 saturated heterocycles. The van der Waals surface area contributed by atoms with E-state index in [2.05, 4.69) is 37.6 Å². The number of carbonyl (C=O) groups excluding carboxylic acids is 2. The number of benzene rings is 1. The summed E-state index contributed by atoms with van der Waals surface area (Å²) in [5.74, 6) is 0.790. The summed E-state index contributed by atoms with van der Waals surface area (Å²) >= 11 is 0. The minimum absolute atomic E-state index is 0. The zero-order valence-corrected chi connectivity index (χ0v) is 21.5. The Morgan fingerprint density at radius 1 is 1.10 bits per heavy atom. The molecule has 0 aromatic heterocycles. The Hall–Kier alpha value is -1.88. The molecular formula is C22H37IN6O2. The third kappa shape index (κ3) is 10.3. The molecule has 2 rings (SSSR count). The Balaban J connectivity index is 0.00000480. The van der Waals surface area contributed by atoms with Crippen LogP contribution in [0.25, 0.3) is 0 Å². The van der Waals surface area contributed by atoms with Gasteiger partial charge in [-0.25, -0.2) is 4.99 Å². The molecule has 2 amide bonds. The lowest BCUT2D eigenvalue weighted by atomic mass is 10.1. The van der Waals surface area contributed by atoms with Crippen LogP contribution in [0.4, 0.5) is 0 Å². The van der Waals surface area contributed by atoms with Crippen LogP contribution in [0.15, 0.2) is 35.3 Å². The van der Waals surface area contributed by atoms with E-state index in [4.69, 9.17) is 0 Å². The van der Waals surface area contributed by atoms with Gasteiger partial charge in [0.2, 0.25) is 11.8 Å². The molecule has 1 heterocycles. The summed E-state index contributed by atoms with van der Waals surface area (Å²) < 4.78 is 0. The smallest absolute Gasteiger partial charge is 0.243 e. The fraction of sp³-hybridized carbons (Fsp3) is 0.591. The number of guanidine groups is 1. The predicted octanol–water partition coefficient (Wildman–Crippen LogP) is 1.02. The van der Waals surface area contributed by atoms with Gasteiger partial charge in [-0.15, -0.1) is 24.0 Å². The van der Waals surface area contributed by atoms with Gasteiger partial charge in [-0.05, 0) is 25.8 Å². The molecule has 1 aromatic rings. The summed E-state index contributed by atoms with van der Waals surface area (Å²) in [5.41, 5.74) is 1.26. The second-order valence-corrected chi connectivity index (χ2v) is 8.08. The minimum Gasteiger partial charge on any atom is -0.356 e. The number of piperazine rings is 1. The first-order valence-corrected chi connectivity index (χ1v) is 10.6. The topological polar surface area (TPSA) is 80.3 Å². The van der Waals surface area contributed by atoms with Crippen molar-refractivity contribution >= 4 is 41.8 Å². The highest BCUT2D eigenvalue weighted by molar-refractivity contribution is 14.0. The van der Waals surface area contributed by atoms with Crippen molar-refractivity contribution in [3.8, 4) is 0 Å². The first-order valence-electron chi connectivity index (χ1n) is 10.6. The number of nitrogens with zero attached hydrogens (tertiary/aromatic N) is 4. The predicted molar refractivity (Wildman–Crippen MR) is 136 cm³/mol. The van der Waals surface area contributed by atoms with Crippen LogP contribution in [0, 0.1) is 0 Å². The van der Waals surface area contributed by atoms with E-state index in [1.807, 2.05) is 32.0 Å². The molecule has 0 unspecified atom stereocenters. The number of carbonyl (C=O) groups is 2. The molecule has 2 N–H and O–H groups in total. The van der Waals surface area contributed by atoms with E-state index in [0.717, 1.165) is 45.1 Å². The lowest BCUT2D eigenvalue weighted by Gasteiger charge is -2.36. The summed E-state index contributed by atoms with van der Waals surface area (Å²) in [6, 6.07) is 10.5. The molecule has 1 aliphatic heterocycles. The van der Waals surface area contributed by atoms with Crippen molar-refractivity contribution in [1.29, 1.82) is 0 Å². The van der Waals surface area contributed by atoms with Crippen LogP contribution in [-0.2, 0) is 16.0 Å². The molecule has 8 nitrogen and oxygen atoms in total. The SMILES string of the molecule is CC(C)NC(=O)CN1CCN(C(=NCC(=O)N(C)C)NCCc2ccccc2)CC1.I. The molecule has 0 bridgehead atoms. The van der Waals surface area contributed by atoms with Crippen LogP contribution < -0.4 is 10.6 Å². The molecule has 174 valence electrons. The van der Waals surface area contributed by atoms with Gasteiger partial charge in [0, 0.05) is 52.9 Å². The van der Waals surface area contributed by atoms with Gasteiger partial charge in [-0.3, -0.25) is 14.5 Å². The highest BCUT2D eigenvalue weighted by Gasteiger charge is 2.21. The largest absolute Gasteiger partial charge is 0.356 e. The van der Waals surface area contributed by atoms with E-state index in [1.54, 1.807) is 19.0 Å². The standard InChI is InChI=1S/C22H36N6O2.HI/c1-18(2)25-20(29)17-27-12-14-28(15-13-27)22(24-16-21(30)26(3)4)23-11-10-19-8-6-5-7-9-19;/h5-9,18H,10-17H2,1-4H3,(H,23,24)(H,25,29);1H. The van der Waals surface area contributed by atoms with Crippen LogP contribution in [0.3, 0.4) is 0 Å². The highest BCUT2D eigenvalue weighted by Crippen LogP contribution is 2.04. The monoisotopic (exact) mass is 544 g/mol. The summed E-state index contributed by atoms with van der Waals surface area (Å²) in [7, 11) is 3.47. The first-order chi connectivity index (χ1) is 14.3. The van der Waals surface area contributed by atoms with E-state index in [9.17, 15) is 9.59 Å². The summed E-state index contributed by atoms with van der Waals surface area (Å²) in [6.45, 7) is 8.32. The molecule has 1 fully saturated rings. The molecule has 0 spiro atoms. The number of aliphatic imine (C=N–C) groups is 1. The Kier molecular flexibility index (Phi) is 12.5. The average molecular weight is 544 g/mol. The van der Waals surface area contributed by atoms with Crippen molar-refractivity contribution in [3.05, 3.63) is 35.9 Å². The second kappa shape index (κ2) is 14.2. The second-order valence-electron chi connectivity index (χ2n) is 8.08. The number of nitrogens with one attached hydrogen (secondary N) is 2. The van der Waals surface area contributed by atoms with Gasteiger partial charge in [0.15, 0.2) is 5.96 Å². The number of likely N-dealkylation sites (N-methyl/N-ethyl adjacent to an activating group) is 1. The van der Waals surface area contributed by atoms with Crippen LogP contribution in [0.5, 0.6) is 0 Å². The molecule has 9 heteroatoms. The van der Waals surface area contributed by atoms with Crippen molar-refractivity contribution in [1.82, 2.24) is 25.3 Å². The normalized spacial score (nSPS) is 14.7. The Morgan fingerprint density at radius 3 is 2.32 bits per heavy atom. The number of halogens is 1. The van der Waals surface area contributed by atoms with E-state index in [1.165, 1.54) is 5.56 Å². The van der Waals surface area contributed by atoms with Gasteiger partial charge in [0.05, 0.1) is 6.54 Å². The number of hydrogen-bond acceptors (Lipinski definition) is 4. The maximum absolute atomic E-state index is 12.0. The number of amides is 2. The van der Waals surface area contributed by atoms with Crippen molar-refractivity contribution < 1.29 is 9.59 Å². The fourth-order valence-corrected chi connectivity index (χ4v) is 3.20. The van der Waals surface area contributed by atoms with E-state index in [0.29, 0.717) is 6.54 Å². The van der Waals surface area contributed by atoms with Gasteiger partial charge in [-0.1, -0.05) is 30.3 Å². The average Bonchev–Trinajstić information content (AvgIpc) is 2.71. The first kappa shape index (κ1) is 27.2. The zero-order valence-electron chi connectivity index (χ0n) is 19.1. The quantitative estimate of drug-likeness (QED) is 0.291. The molecule has 0 radical (unpaired) electrons. The molecule has 31 heavy (non-hydrogen) atoms. The van der Waals surface area contributed by atoms with Crippen molar-refractivity contribution in [2.75, 3.05) is 59.9 Å². The molecule has 0 atom stereocenters. The maximum Gasteiger partial charge on any atom is 0.243 e. The van der Waals surface area contributed by atoms with Crippen LogP contribution in [-0.4, -0.2) is 98.4 Å². The zero-order chi connectivity index (χ0) is 21.9. The van der Waals surface area contributed by atoms with Crippen molar-refractivity contribution in [2.45, 2.75) is 26.3 Å². The summed E-state index contributed by atoms with van der Waals surface area (Å²) in [5, 5.41) is 6.36. The molecule has 0 aliphatic carbocycles. The number of hydrogen-bond donors (Lipinski definition) is 2. The van der Waals surface area contributed by atoms with Gasteiger partial charge in [-0.2, -0.15) is 0 Å². The van der Waals surface area contributed by atoms with E-state index < -0.39 is 0 Å². The molecular weight excluding hydrogens is 507 g/mol. The van der Waals surface area contributed by atoms with Crippen molar-refractivity contribution in [2.24, 2.45) is 4.99 Å². The van der Waals surface area contributed by atoms with E-state index in [-0.39, 0.29) is 48.4 Å². The van der Waals surface area contributed by atoms with E-state index >= 15 is 0 Å². The van der Waals surface area contributed by atoms with Gasteiger partial charge in [0.25, 0.3) is 0 Å². The third-order valence-electron chi connectivity index (χ3n) is 4.89. The number of rotatable bonds is 8. The van der Waals surface area contributed by atoms with Crippen LogP contribution in [0.1, 0.15) is 19.4 Å². The van der Waals surface area contributed by atoms with Gasteiger partial charge < -0.3 is 20.4 Å². The molecule has 0 saturated carbocycles. The minimum atomic E-state index is -0.0265. The highest BCUT2D eigenvalue weighted by atomic mass is 127. The van der Waals surface area contributed by atoms with Crippen LogP contribution in [0.2, 0.25) is 0 Å².